The molecule has 0 aliphatic heterocycles. The van der Waals surface area contributed by atoms with Crippen molar-refractivity contribution in [2.75, 3.05) is 12.8 Å². The molecule has 0 spiro atoms. The van der Waals surface area contributed by atoms with Gasteiger partial charge in [-0.3, -0.25) is 9.89 Å². The van der Waals surface area contributed by atoms with E-state index in [-0.39, 0.29) is 5.91 Å². The van der Waals surface area contributed by atoms with E-state index in [0.717, 1.165) is 18.5 Å². The highest BCUT2D eigenvalue weighted by molar-refractivity contribution is 7.10. The van der Waals surface area contributed by atoms with E-state index >= 15 is 0 Å². The predicted molar refractivity (Wildman–Crippen MR) is 79.8 cm³/mol. The normalized spacial score (nSPS) is 14.5. The Morgan fingerprint density at radius 3 is 2.95 bits per heavy atom. The first-order chi connectivity index (χ1) is 9.58. The summed E-state index contributed by atoms with van der Waals surface area (Å²) in [5.74, 6) is 0.340. The van der Waals surface area contributed by atoms with E-state index in [9.17, 15) is 4.79 Å². The lowest BCUT2D eigenvalue weighted by atomic mass is 10.2. The van der Waals surface area contributed by atoms with Crippen LogP contribution >= 0.6 is 11.3 Å². The first-order valence-corrected chi connectivity index (χ1v) is 7.58. The number of aryl methyl sites for hydroxylation is 1. The zero-order valence-corrected chi connectivity index (χ0v) is 12.5. The van der Waals surface area contributed by atoms with Crippen molar-refractivity contribution < 1.29 is 4.79 Å². The molecule has 0 aromatic carbocycles. The Morgan fingerprint density at radius 2 is 2.35 bits per heavy atom. The third kappa shape index (κ3) is 2.31. The lowest BCUT2D eigenvalue weighted by Gasteiger charge is -2.15. The molecule has 2 aromatic rings. The van der Waals surface area contributed by atoms with Crippen LogP contribution in [0.25, 0.3) is 0 Å². The number of rotatable bonds is 4. The Kier molecular flexibility index (Phi) is 3.25. The van der Waals surface area contributed by atoms with Gasteiger partial charge in [0.05, 0.1) is 17.9 Å². The lowest BCUT2D eigenvalue weighted by molar-refractivity contribution is 0.0781. The monoisotopic (exact) mass is 290 g/mol. The van der Waals surface area contributed by atoms with Crippen LogP contribution in [0.5, 0.6) is 0 Å². The molecule has 1 saturated carbocycles. The second-order valence-corrected chi connectivity index (χ2v) is 6.36. The number of aromatic nitrogens is 2. The van der Waals surface area contributed by atoms with Gasteiger partial charge >= 0.3 is 0 Å². The highest BCUT2D eigenvalue weighted by Crippen LogP contribution is 2.42. The van der Waals surface area contributed by atoms with Crippen molar-refractivity contribution in [3.8, 4) is 0 Å². The molecule has 2 aromatic heterocycles. The number of anilines is 1. The predicted octanol–water partition coefficient (Wildman–Crippen LogP) is 2.51. The molecule has 1 aliphatic rings. The maximum Gasteiger partial charge on any atom is 0.276 e. The van der Waals surface area contributed by atoms with Gasteiger partial charge in [0, 0.05) is 17.8 Å². The molecule has 3 N–H and O–H groups in total. The molecule has 2 heterocycles. The molecule has 1 fully saturated rings. The molecule has 0 unspecified atom stereocenters. The third-order valence-electron chi connectivity index (χ3n) is 3.72. The maximum atomic E-state index is 12.4. The fourth-order valence-electron chi connectivity index (χ4n) is 2.24. The second kappa shape index (κ2) is 4.94. The average molecular weight is 290 g/mol. The number of nitrogens with two attached hydrogens (primary N) is 1. The summed E-state index contributed by atoms with van der Waals surface area (Å²) in [7, 11) is 1.78. The Hall–Kier alpha value is -1.82. The van der Waals surface area contributed by atoms with Gasteiger partial charge < -0.3 is 10.6 Å². The standard InChI is InChI=1S/C14H18N4OS/c1-8-5-6-20-10(8)7-18(2)14(19)13-11(15)12(16-17-13)9-3-4-9/h5-6,9H,3-4,7,15H2,1-2H3,(H,16,17). The van der Waals surface area contributed by atoms with Crippen molar-refractivity contribution in [3.05, 3.63) is 33.3 Å². The van der Waals surface area contributed by atoms with E-state index in [1.807, 2.05) is 5.38 Å². The summed E-state index contributed by atoms with van der Waals surface area (Å²) < 4.78 is 0. The van der Waals surface area contributed by atoms with Crippen molar-refractivity contribution in [1.82, 2.24) is 15.1 Å². The second-order valence-electron chi connectivity index (χ2n) is 5.36. The molecular formula is C14H18N4OS. The van der Waals surface area contributed by atoms with Crippen LogP contribution in [0.3, 0.4) is 0 Å². The Labute approximate surface area is 121 Å². The number of H-pyrrole nitrogens is 1. The molecule has 3 rings (SSSR count). The Balaban J connectivity index is 1.76. The number of hydrogen-bond acceptors (Lipinski definition) is 4. The van der Waals surface area contributed by atoms with Crippen LogP contribution in [0.1, 0.15) is 45.4 Å². The Bertz CT molecular complexity index is 641. The van der Waals surface area contributed by atoms with Gasteiger partial charge in [0.2, 0.25) is 0 Å². The number of nitrogens with one attached hydrogen (secondary N) is 1. The fourth-order valence-corrected chi connectivity index (χ4v) is 3.20. The molecule has 20 heavy (non-hydrogen) atoms. The lowest BCUT2D eigenvalue weighted by Crippen LogP contribution is -2.27. The number of aromatic amines is 1. The van der Waals surface area contributed by atoms with Crippen LogP contribution in [-0.4, -0.2) is 28.1 Å². The van der Waals surface area contributed by atoms with Crippen molar-refractivity contribution in [3.63, 3.8) is 0 Å². The minimum absolute atomic E-state index is 0.126. The van der Waals surface area contributed by atoms with Crippen LogP contribution in [0.4, 0.5) is 5.69 Å². The number of carbonyl (C=O) groups excluding carboxylic acids is 1. The topological polar surface area (TPSA) is 75.0 Å². The van der Waals surface area contributed by atoms with E-state index in [2.05, 4.69) is 23.2 Å². The molecule has 6 heteroatoms. The SMILES string of the molecule is Cc1ccsc1CN(C)C(=O)c1n[nH]c(C2CC2)c1N. The minimum Gasteiger partial charge on any atom is -0.395 e. The van der Waals surface area contributed by atoms with E-state index in [1.165, 1.54) is 10.4 Å². The zero-order chi connectivity index (χ0) is 14.3. The molecule has 0 bridgehead atoms. The van der Waals surface area contributed by atoms with E-state index in [1.54, 1.807) is 23.3 Å². The van der Waals surface area contributed by atoms with Crippen molar-refractivity contribution in [2.45, 2.75) is 32.2 Å². The number of nitrogens with zero attached hydrogens (tertiary/aromatic N) is 2. The zero-order valence-electron chi connectivity index (χ0n) is 11.6. The van der Waals surface area contributed by atoms with Crippen LogP contribution in [0, 0.1) is 6.92 Å². The number of carbonyl (C=O) groups is 1. The number of nitrogen functional groups attached to an aromatic ring is 1. The molecule has 1 aliphatic carbocycles. The first kappa shape index (κ1) is 13.2. The molecule has 0 saturated heterocycles. The first-order valence-electron chi connectivity index (χ1n) is 6.70. The van der Waals surface area contributed by atoms with Crippen LogP contribution in [-0.2, 0) is 6.54 Å². The summed E-state index contributed by atoms with van der Waals surface area (Å²) in [6.45, 7) is 2.64. The number of thiophene rings is 1. The maximum absolute atomic E-state index is 12.4. The van der Waals surface area contributed by atoms with Crippen LogP contribution in [0.15, 0.2) is 11.4 Å². The quantitative estimate of drug-likeness (QED) is 0.908. The van der Waals surface area contributed by atoms with E-state index in [4.69, 9.17) is 5.73 Å². The summed E-state index contributed by atoms with van der Waals surface area (Å²) in [5.41, 5.74) is 9.06. The summed E-state index contributed by atoms with van der Waals surface area (Å²) >= 11 is 1.66. The molecule has 0 radical (unpaired) electrons. The van der Waals surface area contributed by atoms with Gasteiger partial charge in [-0.1, -0.05) is 0 Å². The molecular weight excluding hydrogens is 272 g/mol. The van der Waals surface area contributed by atoms with Crippen molar-refractivity contribution >= 4 is 22.9 Å². The summed E-state index contributed by atoms with van der Waals surface area (Å²) in [6.07, 6.45) is 2.26. The van der Waals surface area contributed by atoms with Gasteiger partial charge in [-0.25, -0.2) is 0 Å². The molecule has 1 amide bonds. The van der Waals surface area contributed by atoms with Gasteiger partial charge in [0.15, 0.2) is 5.69 Å². The van der Waals surface area contributed by atoms with Crippen LogP contribution < -0.4 is 5.73 Å². The summed E-state index contributed by atoms with van der Waals surface area (Å²) in [4.78, 5) is 15.3. The number of amides is 1. The molecule has 106 valence electrons. The molecule has 5 nitrogen and oxygen atoms in total. The van der Waals surface area contributed by atoms with Crippen LogP contribution in [0.2, 0.25) is 0 Å². The third-order valence-corrected chi connectivity index (χ3v) is 4.73. The van der Waals surface area contributed by atoms with Gasteiger partial charge in [-0.05, 0) is 36.8 Å². The van der Waals surface area contributed by atoms with Gasteiger partial charge in [0.25, 0.3) is 5.91 Å². The van der Waals surface area contributed by atoms with Gasteiger partial charge in [-0.2, -0.15) is 5.10 Å². The fraction of sp³-hybridized carbons (Fsp3) is 0.429. The van der Waals surface area contributed by atoms with Crippen molar-refractivity contribution in [2.24, 2.45) is 0 Å². The summed E-state index contributed by atoms with van der Waals surface area (Å²) in [6, 6.07) is 2.06. The largest absolute Gasteiger partial charge is 0.395 e. The van der Waals surface area contributed by atoms with Crippen molar-refractivity contribution in [1.29, 1.82) is 0 Å². The van der Waals surface area contributed by atoms with Gasteiger partial charge in [0.1, 0.15) is 0 Å². The average Bonchev–Trinajstić information content (AvgIpc) is 3.09. The summed E-state index contributed by atoms with van der Waals surface area (Å²) in [5, 5.41) is 9.07. The highest BCUT2D eigenvalue weighted by Gasteiger charge is 2.31. The molecule has 0 atom stereocenters. The van der Waals surface area contributed by atoms with E-state index < -0.39 is 0 Å². The highest BCUT2D eigenvalue weighted by atomic mass is 32.1. The minimum atomic E-state index is -0.126. The van der Waals surface area contributed by atoms with Gasteiger partial charge in [-0.15, -0.1) is 11.3 Å². The smallest absolute Gasteiger partial charge is 0.276 e. The number of hydrogen-bond donors (Lipinski definition) is 2. The van der Waals surface area contributed by atoms with E-state index in [0.29, 0.717) is 23.8 Å². The Morgan fingerprint density at radius 1 is 1.60 bits per heavy atom.